The third-order valence-electron chi connectivity index (χ3n) is 4.53. The summed E-state index contributed by atoms with van der Waals surface area (Å²) in [5.41, 5.74) is 0.638. The molecular formula is C23H19ClN4O4. The molecule has 0 saturated carbocycles. The number of nitrogens with one attached hydrogen (secondary N) is 2. The average Bonchev–Trinajstić information content (AvgIpc) is 3.31. The molecule has 2 N–H and O–H groups in total. The van der Waals surface area contributed by atoms with Gasteiger partial charge in [-0.3, -0.25) is 9.59 Å². The van der Waals surface area contributed by atoms with Gasteiger partial charge in [-0.25, -0.2) is 0 Å². The quantitative estimate of drug-likeness (QED) is 0.398. The van der Waals surface area contributed by atoms with Gasteiger partial charge in [0, 0.05) is 23.7 Å². The summed E-state index contributed by atoms with van der Waals surface area (Å²) in [6, 6.07) is 20.4. The highest BCUT2D eigenvalue weighted by molar-refractivity contribution is 6.30. The van der Waals surface area contributed by atoms with Gasteiger partial charge < -0.3 is 19.9 Å². The van der Waals surface area contributed by atoms with E-state index >= 15 is 0 Å². The van der Waals surface area contributed by atoms with E-state index in [1.165, 1.54) is 0 Å². The standard InChI is InChI=1S/C23H19ClN4O4/c24-18-7-3-6-17(12-18)21-27-23(32-28-21)22(30)26-11-10-25-20(29)14-31-19-9-8-15-4-1-2-5-16(15)13-19/h1-9,12-13H,10-11,14H2,(H,25,29)(H,26,30). The maximum atomic E-state index is 12.1. The number of rotatable bonds is 8. The Bertz CT molecular complexity index is 1260. The van der Waals surface area contributed by atoms with E-state index in [4.69, 9.17) is 20.9 Å². The second-order valence-corrected chi connectivity index (χ2v) is 7.27. The van der Waals surface area contributed by atoms with Crippen LogP contribution in [0.15, 0.2) is 71.3 Å². The molecule has 8 nitrogen and oxygen atoms in total. The number of fused-ring (bicyclic) bond motifs is 1. The van der Waals surface area contributed by atoms with E-state index in [1.54, 1.807) is 24.3 Å². The summed E-state index contributed by atoms with van der Waals surface area (Å²) < 4.78 is 10.5. The largest absolute Gasteiger partial charge is 0.484 e. The fraction of sp³-hybridized carbons (Fsp3) is 0.130. The second-order valence-electron chi connectivity index (χ2n) is 6.84. The molecule has 4 aromatic rings. The molecule has 0 spiro atoms. The van der Waals surface area contributed by atoms with Crippen LogP contribution in [0.3, 0.4) is 0 Å². The first-order chi connectivity index (χ1) is 15.6. The number of halogens is 1. The van der Waals surface area contributed by atoms with Crippen LogP contribution >= 0.6 is 11.6 Å². The molecule has 4 rings (SSSR count). The van der Waals surface area contributed by atoms with E-state index in [9.17, 15) is 9.59 Å². The number of amides is 2. The van der Waals surface area contributed by atoms with Gasteiger partial charge in [0.2, 0.25) is 5.82 Å². The predicted molar refractivity (Wildman–Crippen MR) is 120 cm³/mol. The topological polar surface area (TPSA) is 106 Å². The molecule has 0 radical (unpaired) electrons. The van der Waals surface area contributed by atoms with E-state index in [-0.39, 0.29) is 37.3 Å². The summed E-state index contributed by atoms with van der Waals surface area (Å²) in [6.07, 6.45) is 0. The van der Waals surface area contributed by atoms with Gasteiger partial charge in [0.25, 0.3) is 5.91 Å². The van der Waals surface area contributed by atoms with Gasteiger partial charge in [-0.15, -0.1) is 0 Å². The van der Waals surface area contributed by atoms with Crippen molar-refractivity contribution in [2.24, 2.45) is 0 Å². The smallest absolute Gasteiger partial charge is 0.316 e. The minimum atomic E-state index is -0.535. The zero-order valence-corrected chi connectivity index (χ0v) is 17.6. The average molecular weight is 451 g/mol. The number of ether oxygens (including phenoxy) is 1. The van der Waals surface area contributed by atoms with Crippen molar-refractivity contribution in [2.75, 3.05) is 19.7 Å². The van der Waals surface area contributed by atoms with Gasteiger partial charge in [0.15, 0.2) is 6.61 Å². The fourth-order valence-corrected chi connectivity index (χ4v) is 3.16. The molecule has 0 aliphatic rings. The molecule has 2 amide bonds. The van der Waals surface area contributed by atoms with Crippen molar-refractivity contribution < 1.29 is 18.8 Å². The van der Waals surface area contributed by atoms with E-state index in [0.29, 0.717) is 16.3 Å². The Labute approximate surface area is 188 Å². The summed E-state index contributed by atoms with van der Waals surface area (Å²) in [5, 5.41) is 11.7. The normalized spacial score (nSPS) is 10.7. The molecule has 0 unspecified atom stereocenters. The summed E-state index contributed by atoms with van der Waals surface area (Å²) in [4.78, 5) is 28.2. The van der Waals surface area contributed by atoms with Gasteiger partial charge in [-0.1, -0.05) is 59.2 Å². The monoisotopic (exact) mass is 450 g/mol. The molecule has 0 atom stereocenters. The summed E-state index contributed by atoms with van der Waals surface area (Å²) in [5.74, 6) is -0.136. The highest BCUT2D eigenvalue weighted by Crippen LogP contribution is 2.21. The van der Waals surface area contributed by atoms with Gasteiger partial charge in [0.05, 0.1) is 0 Å². The van der Waals surface area contributed by atoms with Crippen molar-refractivity contribution in [1.29, 1.82) is 0 Å². The van der Waals surface area contributed by atoms with Crippen molar-refractivity contribution in [1.82, 2.24) is 20.8 Å². The molecule has 9 heteroatoms. The van der Waals surface area contributed by atoms with Crippen LogP contribution < -0.4 is 15.4 Å². The van der Waals surface area contributed by atoms with Gasteiger partial charge in [-0.05, 0) is 35.0 Å². The molecule has 0 aliphatic heterocycles. The molecule has 0 fully saturated rings. The zero-order valence-electron chi connectivity index (χ0n) is 16.9. The van der Waals surface area contributed by atoms with Crippen LogP contribution in [-0.4, -0.2) is 41.7 Å². The van der Waals surface area contributed by atoms with Gasteiger partial charge >= 0.3 is 11.8 Å². The molecule has 32 heavy (non-hydrogen) atoms. The van der Waals surface area contributed by atoms with E-state index in [1.807, 2.05) is 42.5 Å². The van der Waals surface area contributed by atoms with E-state index in [2.05, 4.69) is 20.8 Å². The lowest BCUT2D eigenvalue weighted by atomic mass is 10.1. The second kappa shape index (κ2) is 9.93. The maximum absolute atomic E-state index is 12.1. The number of nitrogens with zero attached hydrogens (tertiary/aromatic N) is 2. The Morgan fingerprint density at radius 1 is 0.938 bits per heavy atom. The van der Waals surface area contributed by atoms with E-state index < -0.39 is 5.91 Å². The lowest BCUT2D eigenvalue weighted by Crippen LogP contribution is -2.36. The van der Waals surface area contributed by atoms with Crippen molar-refractivity contribution in [3.63, 3.8) is 0 Å². The Balaban J connectivity index is 1.19. The van der Waals surface area contributed by atoms with Crippen molar-refractivity contribution in [2.45, 2.75) is 0 Å². The minimum Gasteiger partial charge on any atom is -0.484 e. The van der Waals surface area contributed by atoms with Crippen LogP contribution in [0.5, 0.6) is 5.75 Å². The first-order valence-electron chi connectivity index (χ1n) is 9.84. The SMILES string of the molecule is O=C(COc1ccc2ccccc2c1)NCCNC(=O)c1nc(-c2cccc(Cl)c2)no1. The van der Waals surface area contributed by atoms with Crippen LogP contribution in [0, 0.1) is 0 Å². The number of carbonyl (C=O) groups excluding carboxylic acids is 2. The molecule has 162 valence electrons. The Kier molecular flexibility index (Phi) is 6.62. The van der Waals surface area contributed by atoms with Crippen molar-refractivity contribution >= 4 is 34.2 Å². The molecular weight excluding hydrogens is 432 g/mol. The van der Waals surface area contributed by atoms with E-state index in [0.717, 1.165) is 10.8 Å². The van der Waals surface area contributed by atoms with Crippen LogP contribution in [0.2, 0.25) is 5.02 Å². The lowest BCUT2D eigenvalue weighted by molar-refractivity contribution is -0.123. The van der Waals surface area contributed by atoms with Gasteiger partial charge in [-0.2, -0.15) is 4.98 Å². The van der Waals surface area contributed by atoms with Crippen molar-refractivity contribution in [3.05, 3.63) is 77.6 Å². The molecule has 0 saturated heterocycles. The molecule has 0 bridgehead atoms. The molecule has 1 heterocycles. The maximum Gasteiger partial charge on any atom is 0.316 e. The Morgan fingerprint density at radius 3 is 2.59 bits per heavy atom. The van der Waals surface area contributed by atoms with Crippen LogP contribution in [-0.2, 0) is 4.79 Å². The third-order valence-corrected chi connectivity index (χ3v) is 4.76. The molecule has 3 aromatic carbocycles. The first-order valence-corrected chi connectivity index (χ1v) is 10.2. The summed E-state index contributed by atoms with van der Waals surface area (Å²) in [7, 11) is 0. The first kappa shape index (κ1) is 21.3. The van der Waals surface area contributed by atoms with Crippen LogP contribution in [0.1, 0.15) is 10.7 Å². The third kappa shape index (κ3) is 5.41. The van der Waals surface area contributed by atoms with Gasteiger partial charge in [0.1, 0.15) is 5.75 Å². The Hall–Kier alpha value is -3.91. The highest BCUT2D eigenvalue weighted by Gasteiger charge is 2.16. The number of hydrogen-bond acceptors (Lipinski definition) is 6. The van der Waals surface area contributed by atoms with Crippen molar-refractivity contribution in [3.8, 4) is 17.1 Å². The minimum absolute atomic E-state index is 0.126. The Morgan fingerprint density at radius 2 is 1.75 bits per heavy atom. The zero-order chi connectivity index (χ0) is 22.3. The number of carbonyl (C=O) groups is 2. The molecule has 0 aliphatic carbocycles. The fourth-order valence-electron chi connectivity index (χ4n) is 2.97. The molecule has 1 aromatic heterocycles. The lowest BCUT2D eigenvalue weighted by Gasteiger charge is -2.08. The van der Waals surface area contributed by atoms with Crippen LogP contribution in [0.4, 0.5) is 0 Å². The number of benzene rings is 3. The number of hydrogen-bond donors (Lipinski definition) is 2. The van der Waals surface area contributed by atoms with Crippen LogP contribution in [0.25, 0.3) is 22.2 Å². The number of aromatic nitrogens is 2. The summed E-state index contributed by atoms with van der Waals surface area (Å²) >= 11 is 5.95. The summed E-state index contributed by atoms with van der Waals surface area (Å²) in [6.45, 7) is 0.287. The highest BCUT2D eigenvalue weighted by atomic mass is 35.5. The predicted octanol–water partition coefficient (Wildman–Crippen LogP) is 3.47.